The van der Waals surface area contributed by atoms with Crippen molar-refractivity contribution in [2.24, 2.45) is 0 Å². The summed E-state index contributed by atoms with van der Waals surface area (Å²) in [6.45, 7) is 0.462. The van der Waals surface area contributed by atoms with E-state index in [1.54, 1.807) is 24.4 Å². The lowest BCUT2D eigenvalue weighted by Gasteiger charge is -2.09. The fourth-order valence-corrected chi connectivity index (χ4v) is 2.77. The van der Waals surface area contributed by atoms with Crippen LogP contribution in [0, 0.1) is 0 Å². The monoisotopic (exact) mass is 329 g/mol. The van der Waals surface area contributed by atoms with Crippen molar-refractivity contribution in [3.8, 4) is 5.75 Å². The topological polar surface area (TPSA) is 68.0 Å². The zero-order valence-corrected chi connectivity index (χ0v) is 13.3. The molecule has 0 bridgehead atoms. The van der Waals surface area contributed by atoms with Gasteiger partial charge in [-0.3, -0.25) is 9.78 Å². The fraction of sp³-hybridized carbons (Fsp3) is 0.0500. The van der Waals surface area contributed by atoms with Crippen molar-refractivity contribution >= 4 is 16.8 Å². The number of hydrogen-bond donors (Lipinski definition) is 1. The summed E-state index contributed by atoms with van der Waals surface area (Å²) in [4.78, 5) is 21.7. The first-order valence-corrected chi connectivity index (χ1v) is 7.90. The molecule has 0 atom stereocenters. The Bertz CT molecular complexity index is 1050. The van der Waals surface area contributed by atoms with Gasteiger partial charge in [0.05, 0.1) is 35.2 Å². The summed E-state index contributed by atoms with van der Waals surface area (Å²) in [5.74, 6) is 0.0390. The normalized spacial score (nSPS) is 10.9. The van der Waals surface area contributed by atoms with Crippen molar-refractivity contribution in [3.05, 3.63) is 90.0 Å². The third kappa shape index (κ3) is 2.99. The Kier molecular flexibility index (Phi) is 3.74. The van der Waals surface area contributed by atoms with Gasteiger partial charge in [0.2, 0.25) is 5.78 Å². The van der Waals surface area contributed by atoms with Gasteiger partial charge in [-0.15, -0.1) is 0 Å². The number of nitrogens with zero attached hydrogens (tertiary/aromatic N) is 3. The molecule has 0 aliphatic heterocycles. The molecule has 0 aliphatic rings. The van der Waals surface area contributed by atoms with Gasteiger partial charge in [-0.05, 0) is 48.5 Å². The number of rotatable bonds is 4. The minimum absolute atomic E-state index is 0.0984. The Morgan fingerprint density at radius 1 is 0.960 bits per heavy atom. The van der Waals surface area contributed by atoms with E-state index in [1.165, 1.54) is 12.1 Å². The summed E-state index contributed by atoms with van der Waals surface area (Å²) < 4.78 is 1.86. The smallest absolute Gasteiger partial charge is 0.209 e. The third-order valence-corrected chi connectivity index (χ3v) is 4.02. The predicted molar refractivity (Wildman–Crippen MR) is 94.6 cm³/mol. The number of benzene rings is 2. The van der Waals surface area contributed by atoms with E-state index in [4.69, 9.17) is 0 Å². The number of aromatic hydroxyl groups is 1. The molecule has 2 heterocycles. The van der Waals surface area contributed by atoms with Gasteiger partial charge in [0.1, 0.15) is 5.75 Å². The Balaban J connectivity index is 1.64. The molecule has 0 fully saturated rings. The van der Waals surface area contributed by atoms with E-state index in [0.717, 1.165) is 16.7 Å². The SMILES string of the molecule is O=C(c1ccc(O)cc1)c1cccn1Cc1cnc2ccccc2n1. The lowest BCUT2D eigenvalue weighted by atomic mass is 10.1. The van der Waals surface area contributed by atoms with Gasteiger partial charge < -0.3 is 9.67 Å². The van der Waals surface area contributed by atoms with Gasteiger partial charge >= 0.3 is 0 Å². The zero-order chi connectivity index (χ0) is 17.2. The molecular weight excluding hydrogens is 314 g/mol. The molecule has 4 rings (SSSR count). The van der Waals surface area contributed by atoms with Crippen LogP contribution < -0.4 is 0 Å². The van der Waals surface area contributed by atoms with Crippen molar-refractivity contribution in [2.45, 2.75) is 6.54 Å². The summed E-state index contributed by atoms with van der Waals surface area (Å²) >= 11 is 0. The van der Waals surface area contributed by atoms with E-state index in [2.05, 4.69) is 9.97 Å². The highest BCUT2D eigenvalue weighted by atomic mass is 16.3. The highest BCUT2D eigenvalue weighted by Crippen LogP contribution is 2.16. The molecule has 0 unspecified atom stereocenters. The van der Waals surface area contributed by atoms with Gasteiger partial charge in [0.15, 0.2) is 0 Å². The molecule has 5 nitrogen and oxygen atoms in total. The molecule has 0 saturated carbocycles. The Morgan fingerprint density at radius 3 is 2.52 bits per heavy atom. The van der Waals surface area contributed by atoms with Crippen LogP contribution in [0.15, 0.2) is 73.1 Å². The molecule has 25 heavy (non-hydrogen) atoms. The Morgan fingerprint density at radius 2 is 1.72 bits per heavy atom. The number of phenolic OH excluding ortho intramolecular Hbond substituents is 1. The summed E-state index contributed by atoms with van der Waals surface area (Å²) in [5, 5.41) is 9.37. The molecule has 0 spiro atoms. The minimum atomic E-state index is -0.0984. The summed E-state index contributed by atoms with van der Waals surface area (Å²) in [6, 6.07) is 17.6. The van der Waals surface area contributed by atoms with Crippen molar-refractivity contribution in [1.29, 1.82) is 0 Å². The standard InChI is InChI=1S/C20H15N3O2/c24-16-9-7-14(8-10-16)20(25)19-6-3-11-23(19)13-15-12-21-17-4-1-2-5-18(17)22-15/h1-12,24H,13H2. The van der Waals surface area contributed by atoms with Crippen LogP contribution in [0.2, 0.25) is 0 Å². The molecule has 2 aromatic heterocycles. The van der Waals surface area contributed by atoms with Crippen LogP contribution in [0.3, 0.4) is 0 Å². The maximum atomic E-state index is 12.7. The van der Waals surface area contributed by atoms with E-state index >= 15 is 0 Å². The largest absolute Gasteiger partial charge is 0.508 e. The van der Waals surface area contributed by atoms with Gasteiger partial charge in [-0.25, -0.2) is 4.98 Å². The summed E-state index contributed by atoms with van der Waals surface area (Å²) in [6.07, 6.45) is 3.58. The number of fused-ring (bicyclic) bond motifs is 1. The highest BCUT2D eigenvalue weighted by Gasteiger charge is 2.14. The molecule has 122 valence electrons. The van der Waals surface area contributed by atoms with Crippen LogP contribution in [0.5, 0.6) is 5.75 Å². The van der Waals surface area contributed by atoms with E-state index in [1.807, 2.05) is 41.1 Å². The Labute approximate surface area is 144 Å². The van der Waals surface area contributed by atoms with Crippen LogP contribution in [-0.4, -0.2) is 25.4 Å². The second kappa shape index (κ2) is 6.20. The first kappa shape index (κ1) is 15.1. The van der Waals surface area contributed by atoms with Crippen molar-refractivity contribution < 1.29 is 9.90 Å². The number of phenols is 1. The van der Waals surface area contributed by atoms with Crippen LogP contribution in [0.25, 0.3) is 11.0 Å². The fourth-order valence-electron chi connectivity index (χ4n) is 2.77. The third-order valence-electron chi connectivity index (χ3n) is 4.02. The van der Waals surface area contributed by atoms with E-state index in [-0.39, 0.29) is 11.5 Å². The highest BCUT2D eigenvalue weighted by molar-refractivity contribution is 6.08. The molecule has 0 aliphatic carbocycles. The lowest BCUT2D eigenvalue weighted by Crippen LogP contribution is -2.11. The summed E-state index contributed by atoms with van der Waals surface area (Å²) in [5.41, 5.74) is 3.57. The molecule has 0 radical (unpaired) electrons. The van der Waals surface area contributed by atoms with E-state index < -0.39 is 0 Å². The number of carbonyl (C=O) groups excluding carboxylic acids is 1. The first-order valence-electron chi connectivity index (χ1n) is 7.90. The van der Waals surface area contributed by atoms with Gasteiger partial charge in [0, 0.05) is 11.8 Å². The Hall–Kier alpha value is -3.47. The molecule has 0 saturated heterocycles. The van der Waals surface area contributed by atoms with Crippen molar-refractivity contribution in [1.82, 2.24) is 14.5 Å². The molecule has 5 heteroatoms. The van der Waals surface area contributed by atoms with Gasteiger partial charge in [0.25, 0.3) is 0 Å². The predicted octanol–water partition coefficient (Wildman–Crippen LogP) is 3.42. The number of aromatic nitrogens is 3. The van der Waals surface area contributed by atoms with Crippen molar-refractivity contribution in [2.75, 3.05) is 0 Å². The van der Waals surface area contributed by atoms with Crippen LogP contribution in [0.1, 0.15) is 21.7 Å². The van der Waals surface area contributed by atoms with Gasteiger partial charge in [-0.2, -0.15) is 0 Å². The number of hydrogen-bond acceptors (Lipinski definition) is 4. The zero-order valence-electron chi connectivity index (χ0n) is 13.3. The first-order chi connectivity index (χ1) is 12.2. The van der Waals surface area contributed by atoms with Crippen molar-refractivity contribution in [3.63, 3.8) is 0 Å². The van der Waals surface area contributed by atoms with E-state index in [0.29, 0.717) is 17.8 Å². The molecule has 0 amide bonds. The average molecular weight is 329 g/mol. The number of para-hydroxylation sites is 2. The molecule has 1 N–H and O–H groups in total. The maximum absolute atomic E-state index is 12.7. The maximum Gasteiger partial charge on any atom is 0.209 e. The van der Waals surface area contributed by atoms with Crippen LogP contribution in [-0.2, 0) is 6.54 Å². The average Bonchev–Trinajstić information content (AvgIpc) is 3.10. The molecule has 4 aromatic rings. The quantitative estimate of drug-likeness (QED) is 0.583. The second-order valence-corrected chi connectivity index (χ2v) is 5.75. The number of carbonyl (C=O) groups is 1. The second-order valence-electron chi connectivity index (χ2n) is 5.75. The lowest BCUT2D eigenvalue weighted by molar-refractivity contribution is 0.103. The van der Waals surface area contributed by atoms with Crippen LogP contribution >= 0.6 is 0 Å². The van der Waals surface area contributed by atoms with E-state index in [9.17, 15) is 9.90 Å². The van der Waals surface area contributed by atoms with Crippen LogP contribution in [0.4, 0.5) is 0 Å². The summed E-state index contributed by atoms with van der Waals surface area (Å²) in [7, 11) is 0. The van der Waals surface area contributed by atoms with Gasteiger partial charge in [-0.1, -0.05) is 12.1 Å². The number of ketones is 1. The molecule has 2 aromatic carbocycles. The molecular formula is C20H15N3O2. The minimum Gasteiger partial charge on any atom is -0.508 e.